The number of ether oxygens (including phenoxy) is 3. The van der Waals surface area contributed by atoms with E-state index in [-0.39, 0.29) is 38.8 Å². The predicted molar refractivity (Wildman–Crippen MR) is 140 cm³/mol. The minimum Gasteiger partial charge on any atom is -0.507 e. The summed E-state index contributed by atoms with van der Waals surface area (Å²) in [7, 11) is 2.78. The molecule has 1 amide bonds. The Hall–Kier alpha value is -2.90. The largest absolute Gasteiger partial charge is 0.507 e. The van der Waals surface area contributed by atoms with Gasteiger partial charge in [-0.3, -0.25) is 9.59 Å². The minimum atomic E-state index is -0.806. The number of nitrogens with zero attached hydrogens (tertiary/aromatic N) is 1. The summed E-state index contributed by atoms with van der Waals surface area (Å²) in [6.45, 7) is 6.28. The van der Waals surface area contributed by atoms with Gasteiger partial charge in [0.2, 0.25) is 0 Å². The van der Waals surface area contributed by atoms with E-state index < -0.39 is 23.5 Å². The van der Waals surface area contributed by atoms with Crippen LogP contribution in [0.4, 0.5) is 0 Å². The summed E-state index contributed by atoms with van der Waals surface area (Å²) in [6, 6.07) is 7.74. The van der Waals surface area contributed by atoms with Gasteiger partial charge < -0.3 is 24.2 Å². The number of aliphatic hydroxyl groups excluding tert-OH is 1. The molecular weight excluding hydrogens is 505 g/mol. The second-order valence-electron chi connectivity index (χ2n) is 8.72. The van der Waals surface area contributed by atoms with Crippen molar-refractivity contribution in [1.82, 2.24) is 4.90 Å². The molecule has 3 rings (SSSR count). The highest BCUT2D eigenvalue weighted by Gasteiger charge is 2.46. The average molecular weight is 536 g/mol. The van der Waals surface area contributed by atoms with Gasteiger partial charge in [-0.15, -0.1) is 0 Å². The van der Waals surface area contributed by atoms with E-state index in [1.54, 1.807) is 24.3 Å². The van der Waals surface area contributed by atoms with Gasteiger partial charge in [-0.25, -0.2) is 0 Å². The standard InChI is InChI=1S/C27H31Cl2NO6/c1-6-7-8-13-30-22(16-9-11-17(12-10-16)36-15(2)3)20(24(32)27(30)33)23(31)18-14-19(28)26(35-5)21(29)25(18)34-4/h9-12,14-15,22,31H,6-8,13H2,1-5H3/b23-20+. The average Bonchev–Trinajstić information content (AvgIpc) is 3.09. The molecule has 194 valence electrons. The van der Waals surface area contributed by atoms with E-state index >= 15 is 0 Å². The van der Waals surface area contributed by atoms with Gasteiger partial charge in [0.1, 0.15) is 16.5 Å². The fourth-order valence-corrected chi connectivity index (χ4v) is 4.97. The van der Waals surface area contributed by atoms with Crippen molar-refractivity contribution in [2.75, 3.05) is 20.8 Å². The number of ketones is 1. The van der Waals surface area contributed by atoms with Crippen molar-refractivity contribution in [3.05, 3.63) is 57.1 Å². The highest BCUT2D eigenvalue weighted by molar-refractivity contribution is 6.47. The molecule has 1 unspecified atom stereocenters. The maximum atomic E-state index is 13.3. The van der Waals surface area contributed by atoms with Crippen molar-refractivity contribution in [2.24, 2.45) is 0 Å². The first kappa shape index (κ1) is 27.7. The molecule has 0 aromatic heterocycles. The lowest BCUT2D eigenvalue weighted by atomic mass is 9.94. The summed E-state index contributed by atoms with van der Waals surface area (Å²) >= 11 is 12.7. The Morgan fingerprint density at radius 2 is 1.69 bits per heavy atom. The quantitative estimate of drug-likeness (QED) is 0.164. The molecular formula is C27H31Cl2NO6. The number of methoxy groups -OCH3 is 2. The third-order valence-electron chi connectivity index (χ3n) is 5.90. The molecule has 0 saturated carbocycles. The van der Waals surface area contributed by atoms with E-state index in [0.717, 1.165) is 19.3 Å². The number of likely N-dealkylation sites (tertiary alicyclic amines) is 1. The van der Waals surface area contributed by atoms with E-state index in [9.17, 15) is 14.7 Å². The molecule has 1 fully saturated rings. The zero-order valence-corrected chi connectivity index (χ0v) is 22.6. The van der Waals surface area contributed by atoms with Crippen LogP contribution in [0.5, 0.6) is 17.2 Å². The number of Topliss-reactive ketones (excluding diaryl/α,β-unsaturated/α-hetero) is 1. The molecule has 0 aliphatic carbocycles. The van der Waals surface area contributed by atoms with Gasteiger partial charge in [0.25, 0.3) is 11.7 Å². The van der Waals surface area contributed by atoms with Gasteiger partial charge in [0.05, 0.1) is 42.5 Å². The number of halogens is 2. The number of carbonyl (C=O) groups excluding carboxylic acids is 2. The van der Waals surface area contributed by atoms with Crippen molar-refractivity contribution in [1.29, 1.82) is 0 Å². The van der Waals surface area contributed by atoms with Gasteiger partial charge in [0, 0.05) is 6.54 Å². The summed E-state index contributed by atoms with van der Waals surface area (Å²) in [4.78, 5) is 27.9. The number of hydrogen-bond acceptors (Lipinski definition) is 6. The third-order valence-corrected chi connectivity index (χ3v) is 6.53. The fraction of sp³-hybridized carbons (Fsp3) is 0.407. The third kappa shape index (κ3) is 5.42. The first-order chi connectivity index (χ1) is 17.2. The van der Waals surface area contributed by atoms with Crippen molar-refractivity contribution in [3.8, 4) is 17.2 Å². The Bertz CT molecular complexity index is 1160. The molecule has 1 heterocycles. The number of hydrogen-bond donors (Lipinski definition) is 1. The maximum absolute atomic E-state index is 13.3. The summed E-state index contributed by atoms with van der Waals surface area (Å²) in [5, 5.41) is 11.6. The van der Waals surface area contributed by atoms with Crippen LogP contribution in [-0.4, -0.2) is 48.6 Å². The number of unbranched alkanes of at least 4 members (excludes halogenated alkanes) is 2. The fourth-order valence-electron chi connectivity index (χ4n) is 4.28. The first-order valence-electron chi connectivity index (χ1n) is 11.8. The van der Waals surface area contributed by atoms with Crippen LogP contribution < -0.4 is 14.2 Å². The number of aliphatic hydroxyl groups is 1. The van der Waals surface area contributed by atoms with Crippen LogP contribution in [0.3, 0.4) is 0 Å². The Kier molecular flexibility index (Phi) is 9.14. The molecule has 1 aliphatic heterocycles. The lowest BCUT2D eigenvalue weighted by Crippen LogP contribution is -2.30. The SMILES string of the molecule is CCCCCN1C(=O)C(=O)/C(=C(/O)c2cc(Cl)c(OC)c(Cl)c2OC)C1c1ccc(OC(C)C)cc1. The van der Waals surface area contributed by atoms with Crippen molar-refractivity contribution in [2.45, 2.75) is 52.2 Å². The molecule has 0 bridgehead atoms. The van der Waals surface area contributed by atoms with Crippen LogP contribution in [0.2, 0.25) is 10.0 Å². The van der Waals surface area contributed by atoms with E-state index in [2.05, 4.69) is 6.92 Å². The minimum absolute atomic E-state index is 0.00689. The molecule has 2 aromatic carbocycles. The van der Waals surface area contributed by atoms with Crippen molar-refractivity contribution >= 4 is 40.7 Å². The number of carbonyl (C=O) groups is 2. The van der Waals surface area contributed by atoms with Gasteiger partial charge in [-0.1, -0.05) is 55.1 Å². The molecule has 1 N–H and O–H groups in total. The smallest absolute Gasteiger partial charge is 0.295 e. The summed E-state index contributed by atoms with van der Waals surface area (Å²) in [5.74, 6) is -0.989. The number of amides is 1. The molecule has 36 heavy (non-hydrogen) atoms. The van der Waals surface area contributed by atoms with Gasteiger partial charge >= 0.3 is 0 Å². The van der Waals surface area contributed by atoms with Gasteiger partial charge in [-0.2, -0.15) is 0 Å². The van der Waals surface area contributed by atoms with Crippen molar-refractivity contribution in [3.63, 3.8) is 0 Å². The summed E-state index contributed by atoms with van der Waals surface area (Å²) < 4.78 is 16.4. The van der Waals surface area contributed by atoms with Crippen LogP contribution in [0, 0.1) is 0 Å². The Morgan fingerprint density at radius 3 is 2.25 bits per heavy atom. The number of rotatable bonds is 10. The van der Waals surface area contributed by atoms with E-state index in [4.69, 9.17) is 37.4 Å². The van der Waals surface area contributed by atoms with Crippen LogP contribution in [0.25, 0.3) is 5.76 Å². The first-order valence-corrected chi connectivity index (χ1v) is 12.6. The summed E-state index contributed by atoms with van der Waals surface area (Å²) in [5.41, 5.74) is 0.683. The molecule has 1 atom stereocenters. The molecule has 2 aromatic rings. The lowest BCUT2D eigenvalue weighted by molar-refractivity contribution is -0.139. The van der Waals surface area contributed by atoms with Crippen LogP contribution in [0.15, 0.2) is 35.9 Å². The van der Waals surface area contributed by atoms with Crippen molar-refractivity contribution < 1.29 is 28.9 Å². The Morgan fingerprint density at radius 1 is 1.06 bits per heavy atom. The van der Waals surface area contributed by atoms with E-state index in [1.165, 1.54) is 25.2 Å². The van der Waals surface area contributed by atoms with E-state index in [1.807, 2.05) is 13.8 Å². The molecule has 0 spiro atoms. The second kappa shape index (κ2) is 11.9. The zero-order chi connectivity index (χ0) is 26.6. The van der Waals surface area contributed by atoms with E-state index in [0.29, 0.717) is 17.9 Å². The number of benzene rings is 2. The molecule has 0 radical (unpaired) electrons. The highest BCUT2D eigenvalue weighted by atomic mass is 35.5. The predicted octanol–water partition coefficient (Wildman–Crippen LogP) is 6.41. The van der Waals surface area contributed by atoms with Crippen LogP contribution in [-0.2, 0) is 9.59 Å². The van der Waals surface area contributed by atoms with Gasteiger partial charge in [0.15, 0.2) is 11.5 Å². The second-order valence-corrected chi connectivity index (χ2v) is 9.51. The van der Waals surface area contributed by atoms with Gasteiger partial charge in [-0.05, 0) is 44.0 Å². The molecule has 7 nitrogen and oxygen atoms in total. The monoisotopic (exact) mass is 535 g/mol. The molecule has 1 aliphatic rings. The highest BCUT2D eigenvalue weighted by Crippen LogP contribution is 2.47. The Labute approximate surface area is 221 Å². The lowest BCUT2D eigenvalue weighted by Gasteiger charge is -2.26. The molecule has 9 heteroatoms. The maximum Gasteiger partial charge on any atom is 0.295 e. The Balaban J connectivity index is 2.20. The van der Waals surface area contributed by atoms with Crippen LogP contribution in [0.1, 0.15) is 57.2 Å². The van der Waals surface area contributed by atoms with Crippen LogP contribution >= 0.6 is 23.2 Å². The summed E-state index contributed by atoms with van der Waals surface area (Å²) in [6.07, 6.45) is 2.56. The normalized spacial score (nSPS) is 17.1. The molecule has 1 saturated heterocycles. The zero-order valence-electron chi connectivity index (χ0n) is 21.1. The topological polar surface area (TPSA) is 85.3 Å².